The second-order valence-electron chi connectivity index (χ2n) is 8.62. The van der Waals surface area contributed by atoms with Crippen molar-refractivity contribution in [2.75, 3.05) is 26.7 Å². The maximum Gasteiger partial charge on any atom is 0.407 e. The molecule has 1 atom stereocenters. The molecule has 4 rings (SSSR count). The molecule has 2 aromatic carbocycles. The summed E-state index contributed by atoms with van der Waals surface area (Å²) in [5, 5.41) is 14.3. The third kappa shape index (κ3) is 5.51. The Labute approximate surface area is 192 Å². The lowest BCUT2D eigenvalue weighted by Gasteiger charge is -2.20. The average molecular weight is 452 g/mol. The van der Waals surface area contributed by atoms with Crippen LogP contribution in [0.1, 0.15) is 36.3 Å². The van der Waals surface area contributed by atoms with Crippen LogP contribution in [0.3, 0.4) is 0 Å². The fourth-order valence-electron chi connectivity index (χ4n) is 4.34. The molecule has 0 heterocycles. The van der Waals surface area contributed by atoms with Crippen LogP contribution in [0.2, 0.25) is 0 Å². The molecule has 3 N–H and O–H groups in total. The maximum atomic E-state index is 12.5. The predicted octanol–water partition coefficient (Wildman–Crippen LogP) is 2.58. The van der Waals surface area contributed by atoms with Crippen molar-refractivity contribution in [2.45, 2.75) is 37.3 Å². The minimum Gasteiger partial charge on any atom is -0.481 e. The van der Waals surface area contributed by atoms with Gasteiger partial charge >= 0.3 is 12.1 Å². The lowest BCUT2D eigenvalue weighted by atomic mass is 9.98. The van der Waals surface area contributed by atoms with Crippen LogP contribution in [0.15, 0.2) is 48.5 Å². The van der Waals surface area contributed by atoms with Gasteiger partial charge in [0, 0.05) is 25.0 Å². The molecule has 0 radical (unpaired) electrons. The normalized spacial score (nSPS) is 15.5. The average Bonchev–Trinajstić information content (AvgIpc) is 3.60. The highest BCUT2D eigenvalue weighted by atomic mass is 16.5. The van der Waals surface area contributed by atoms with Gasteiger partial charge in [-0.3, -0.25) is 9.59 Å². The SMILES string of the molecule is CN(CCNC(=O)C(CC(=O)O)NC(=O)OCC1c2ccccc2-c2ccccc21)C1CC1. The number of fused-ring (bicyclic) bond motifs is 3. The molecule has 2 aliphatic rings. The highest BCUT2D eigenvalue weighted by molar-refractivity contribution is 5.89. The molecule has 0 spiro atoms. The standard InChI is InChI=1S/C25H29N3O5/c1-28(16-10-11-16)13-12-26-24(31)22(14-23(29)30)27-25(32)33-15-21-19-8-4-2-6-17(19)18-7-3-5-9-20(18)21/h2-9,16,21-22H,10-15H2,1H3,(H,26,31)(H,27,32)(H,29,30). The summed E-state index contributed by atoms with van der Waals surface area (Å²) in [6.07, 6.45) is 0.993. The highest BCUT2D eigenvalue weighted by Gasteiger charge is 2.30. The number of rotatable bonds is 10. The summed E-state index contributed by atoms with van der Waals surface area (Å²) in [4.78, 5) is 38.4. The highest BCUT2D eigenvalue weighted by Crippen LogP contribution is 2.44. The Morgan fingerprint density at radius 3 is 2.24 bits per heavy atom. The Kier molecular flexibility index (Phi) is 6.93. The molecule has 0 saturated heterocycles. The maximum absolute atomic E-state index is 12.5. The van der Waals surface area contributed by atoms with Gasteiger partial charge in [-0.2, -0.15) is 0 Å². The Hall–Kier alpha value is -3.39. The van der Waals surface area contributed by atoms with Crippen molar-refractivity contribution in [3.8, 4) is 11.1 Å². The number of carboxylic acids is 1. The number of benzene rings is 2. The van der Waals surface area contributed by atoms with Crippen LogP contribution in [0, 0.1) is 0 Å². The Balaban J connectivity index is 1.33. The van der Waals surface area contributed by atoms with Gasteiger partial charge < -0.3 is 25.4 Å². The molecule has 8 heteroatoms. The van der Waals surface area contributed by atoms with E-state index in [1.807, 2.05) is 55.6 Å². The van der Waals surface area contributed by atoms with Crippen LogP contribution in [-0.2, 0) is 14.3 Å². The summed E-state index contributed by atoms with van der Waals surface area (Å²) in [5.74, 6) is -1.83. The molecule has 2 aliphatic carbocycles. The number of carbonyl (C=O) groups excluding carboxylic acids is 2. The van der Waals surface area contributed by atoms with Gasteiger partial charge in [-0.15, -0.1) is 0 Å². The van der Waals surface area contributed by atoms with Gasteiger partial charge in [0.1, 0.15) is 12.6 Å². The van der Waals surface area contributed by atoms with E-state index in [0.29, 0.717) is 19.1 Å². The second kappa shape index (κ2) is 10.0. The molecule has 0 bridgehead atoms. The van der Waals surface area contributed by atoms with Crippen molar-refractivity contribution < 1.29 is 24.2 Å². The third-order valence-corrected chi connectivity index (χ3v) is 6.26. The summed E-state index contributed by atoms with van der Waals surface area (Å²) in [6, 6.07) is 15.3. The minimum atomic E-state index is -1.20. The number of hydrogen-bond donors (Lipinski definition) is 3. The first kappa shape index (κ1) is 22.8. The molecule has 2 amide bonds. The molecule has 0 aliphatic heterocycles. The largest absolute Gasteiger partial charge is 0.481 e. The number of hydrogen-bond acceptors (Lipinski definition) is 5. The summed E-state index contributed by atoms with van der Waals surface area (Å²) < 4.78 is 5.45. The molecule has 1 saturated carbocycles. The van der Waals surface area contributed by atoms with E-state index in [-0.39, 0.29) is 12.5 Å². The van der Waals surface area contributed by atoms with Gasteiger partial charge in [0.25, 0.3) is 0 Å². The fraction of sp³-hybridized carbons (Fsp3) is 0.400. The van der Waals surface area contributed by atoms with Crippen molar-refractivity contribution in [3.63, 3.8) is 0 Å². The Morgan fingerprint density at radius 1 is 1.06 bits per heavy atom. The zero-order valence-electron chi connectivity index (χ0n) is 18.6. The van der Waals surface area contributed by atoms with E-state index in [2.05, 4.69) is 15.5 Å². The smallest absolute Gasteiger partial charge is 0.407 e. The van der Waals surface area contributed by atoms with E-state index in [4.69, 9.17) is 4.74 Å². The van der Waals surface area contributed by atoms with E-state index >= 15 is 0 Å². The molecule has 174 valence electrons. The number of aliphatic carboxylic acids is 1. The quantitative estimate of drug-likeness (QED) is 0.513. The molecule has 33 heavy (non-hydrogen) atoms. The monoisotopic (exact) mass is 451 g/mol. The van der Waals surface area contributed by atoms with E-state index in [9.17, 15) is 19.5 Å². The van der Waals surface area contributed by atoms with Gasteiger partial charge in [0.15, 0.2) is 0 Å². The van der Waals surface area contributed by atoms with Crippen molar-refractivity contribution in [2.24, 2.45) is 0 Å². The molecular formula is C25H29N3O5. The van der Waals surface area contributed by atoms with Crippen molar-refractivity contribution >= 4 is 18.0 Å². The van der Waals surface area contributed by atoms with Crippen LogP contribution in [-0.4, -0.2) is 66.8 Å². The summed E-state index contributed by atoms with van der Waals surface area (Å²) in [7, 11) is 1.99. The molecule has 1 unspecified atom stereocenters. The molecular weight excluding hydrogens is 422 g/mol. The minimum absolute atomic E-state index is 0.0907. The predicted molar refractivity (Wildman–Crippen MR) is 123 cm³/mol. The number of nitrogens with one attached hydrogen (secondary N) is 2. The first-order chi connectivity index (χ1) is 15.9. The number of carbonyl (C=O) groups is 3. The Bertz CT molecular complexity index is 991. The van der Waals surface area contributed by atoms with Crippen LogP contribution in [0.4, 0.5) is 4.79 Å². The first-order valence-electron chi connectivity index (χ1n) is 11.2. The van der Waals surface area contributed by atoms with Crippen LogP contribution < -0.4 is 10.6 Å². The summed E-state index contributed by atoms with van der Waals surface area (Å²) in [6.45, 7) is 1.14. The van der Waals surface area contributed by atoms with Crippen LogP contribution >= 0.6 is 0 Å². The van der Waals surface area contributed by atoms with E-state index in [0.717, 1.165) is 35.1 Å². The van der Waals surface area contributed by atoms with Crippen molar-refractivity contribution in [3.05, 3.63) is 59.7 Å². The molecule has 2 aromatic rings. The first-order valence-corrected chi connectivity index (χ1v) is 11.2. The van der Waals surface area contributed by atoms with E-state index in [1.165, 1.54) is 0 Å². The topological polar surface area (TPSA) is 108 Å². The van der Waals surface area contributed by atoms with Gasteiger partial charge in [-0.25, -0.2) is 4.79 Å². The van der Waals surface area contributed by atoms with Gasteiger partial charge in [0.05, 0.1) is 6.42 Å². The summed E-state index contributed by atoms with van der Waals surface area (Å²) >= 11 is 0. The van der Waals surface area contributed by atoms with Gasteiger partial charge in [-0.1, -0.05) is 48.5 Å². The molecule has 8 nitrogen and oxygen atoms in total. The van der Waals surface area contributed by atoms with Crippen molar-refractivity contribution in [1.82, 2.24) is 15.5 Å². The second-order valence-corrected chi connectivity index (χ2v) is 8.62. The number of nitrogens with zero attached hydrogens (tertiary/aromatic N) is 1. The number of carboxylic acid groups (broad SMARTS) is 1. The summed E-state index contributed by atoms with van der Waals surface area (Å²) in [5.41, 5.74) is 4.38. The molecule has 0 aromatic heterocycles. The van der Waals surface area contributed by atoms with Crippen LogP contribution in [0.25, 0.3) is 11.1 Å². The number of ether oxygens (including phenoxy) is 1. The van der Waals surface area contributed by atoms with E-state index in [1.54, 1.807) is 0 Å². The van der Waals surface area contributed by atoms with E-state index < -0.39 is 30.4 Å². The van der Waals surface area contributed by atoms with Gasteiger partial charge in [-0.05, 0) is 42.1 Å². The number of likely N-dealkylation sites (N-methyl/N-ethyl adjacent to an activating group) is 1. The van der Waals surface area contributed by atoms with Crippen LogP contribution in [0.5, 0.6) is 0 Å². The number of amides is 2. The Morgan fingerprint density at radius 2 is 1.67 bits per heavy atom. The van der Waals surface area contributed by atoms with Crippen molar-refractivity contribution in [1.29, 1.82) is 0 Å². The molecule has 1 fully saturated rings. The fourth-order valence-corrected chi connectivity index (χ4v) is 4.34. The zero-order chi connectivity index (χ0) is 23.4. The lowest BCUT2D eigenvalue weighted by molar-refractivity contribution is -0.139. The zero-order valence-corrected chi connectivity index (χ0v) is 18.6. The van der Waals surface area contributed by atoms with Gasteiger partial charge in [0.2, 0.25) is 5.91 Å². The number of alkyl carbamates (subject to hydrolysis) is 1. The lowest BCUT2D eigenvalue weighted by Crippen LogP contribution is -2.49. The third-order valence-electron chi connectivity index (χ3n) is 6.26.